The number of anilines is 2. The molecule has 0 radical (unpaired) electrons. The second-order valence-electron chi connectivity index (χ2n) is 10.3. The minimum atomic E-state index is -4.50. The number of nitrogens with zero attached hydrogens (tertiary/aromatic N) is 3. The highest BCUT2D eigenvalue weighted by Gasteiger charge is 2.32. The van der Waals surface area contributed by atoms with E-state index < -0.39 is 24.8 Å². The maximum Gasteiger partial charge on any atom is 0.394 e. The molecule has 0 unspecified atom stereocenters. The molecule has 2 aromatic heterocycles. The van der Waals surface area contributed by atoms with Crippen LogP contribution in [0.15, 0.2) is 36.5 Å². The van der Waals surface area contributed by atoms with Crippen LogP contribution in [0.4, 0.5) is 28.9 Å². The molecule has 0 spiro atoms. The highest BCUT2D eigenvalue weighted by molar-refractivity contribution is 6.01. The minimum Gasteiger partial charge on any atom is -0.495 e. The Hall–Kier alpha value is -3.98. The molecule has 3 heterocycles. The summed E-state index contributed by atoms with van der Waals surface area (Å²) in [5, 5.41) is 9.04. The molecule has 12 heteroatoms. The average molecular weight is 575 g/mol. The number of methoxy groups -OCH3 is 1. The van der Waals surface area contributed by atoms with Crippen LogP contribution in [0, 0.1) is 11.8 Å². The number of nitrogens with one attached hydrogen (secondary N) is 3. The molecule has 3 aromatic rings. The Balaban J connectivity index is 1.63. The quantitative estimate of drug-likeness (QED) is 0.272. The Morgan fingerprint density at radius 2 is 2.02 bits per heavy atom. The van der Waals surface area contributed by atoms with Crippen LogP contribution in [0.3, 0.4) is 0 Å². The van der Waals surface area contributed by atoms with Crippen LogP contribution in [0.2, 0.25) is 0 Å². The number of carbonyl (C=O) groups is 1. The molecule has 2 atom stereocenters. The van der Waals surface area contributed by atoms with E-state index in [1.165, 1.54) is 17.7 Å². The highest BCUT2D eigenvalue weighted by Crippen LogP contribution is 2.30. The zero-order valence-corrected chi connectivity index (χ0v) is 23.4. The lowest BCUT2D eigenvalue weighted by atomic mass is 10.0. The van der Waals surface area contributed by atoms with E-state index in [1.54, 1.807) is 30.3 Å². The number of aromatic nitrogens is 2. The van der Waals surface area contributed by atoms with Crippen LogP contribution in [-0.4, -0.2) is 78.4 Å². The van der Waals surface area contributed by atoms with Crippen LogP contribution >= 0.6 is 0 Å². The number of rotatable bonds is 8. The van der Waals surface area contributed by atoms with Gasteiger partial charge in [-0.15, -0.1) is 0 Å². The molecule has 0 saturated carbocycles. The Labute approximate surface area is 236 Å². The summed E-state index contributed by atoms with van der Waals surface area (Å²) in [5.41, 5.74) is 1.30. The van der Waals surface area contributed by atoms with E-state index in [1.807, 2.05) is 25.8 Å². The van der Waals surface area contributed by atoms with Crippen molar-refractivity contribution in [3.05, 3.63) is 53.5 Å². The molecule has 1 aliphatic rings. The monoisotopic (exact) mass is 574 g/mol. The molecule has 1 amide bonds. The SMILES string of the molecule is COc1cccc(C(=O)NC(C)C)c1NCC#Cc1nc2c(N[C@@H]3CCN(C)C[C@@H]3F)cccn2c1CC(F)(F)F. The van der Waals surface area contributed by atoms with Gasteiger partial charge in [0.25, 0.3) is 5.91 Å². The maximum atomic E-state index is 14.7. The standard InChI is InChI=1S/C29H34F4N6O2/c1-18(2)35-28(40)19-8-5-11-25(41-4)26(19)34-13-6-9-22-24(16-29(31,32)33)39-14-7-10-23(27(39)37-22)36-21-12-15-38(3)17-20(21)30/h5,7-8,10-11,14,18,20-21,34,36H,12-13,15-17H2,1-4H3,(H,35,40)/t20-,21+/m0/s1. The number of fused-ring (bicyclic) bond motifs is 1. The van der Waals surface area contributed by atoms with Gasteiger partial charge in [-0.3, -0.25) is 4.79 Å². The van der Waals surface area contributed by atoms with Crippen molar-refractivity contribution in [1.82, 2.24) is 19.6 Å². The van der Waals surface area contributed by atoms with E-state index in [-0.39, 0.29) is 42.1 Å². The first-order valence-corrected chi connectivity index (χ1v) is 13.3. The van der Waals surface area contributed by atoms with Gasteiger partial charge in [-0.1, -0.05) is 12.0 Å². The number of alkyl halides is 4. The number of para-hydroxylation sites is 1. The van der Waals surface area contributed by atoms with Crippen molar-refractivity contribution >= 4 is 22.9 Å². The molecule has 41 heavy (non-hydrogen) atoms. The molecular weight excluding hydrogens is 540 g/mol. The third-order valence-corrected chi connectivity index (χ3v) is 6.67. The van der Waals surface area contributed by atoms with Crippen molar-refractivity contribution in [2.24, 2.45) is 0 Å². The number of carbonyl (C=O) groups excluding carboxylic acids is 1. The first-order valence-electron chi connectivity index (χ1n) is 13.3. The molecule has 0 aliphatic carbocycles. The van der Waals surface area contributed by atoms with Gasteiger partial charge in [0.1, 0.15) is 17.6 Å². The van der Waals surface area contributed by atoms with E-state index >= 15 is 0 Å². The van der Waals surface area contributed by atoms with E-state index in [2.05, 4.69) is 32.8 Å². The first kappa shape index (κ1) is 30.0. The first-order chi connectivity index (χ1) is 19.5. The summed E-state index contributed by atoms with van der Waals surface area (Å²) in [4.78, 5) is 19.0. The third kappa shape index (κ3) is 7.41. The predicted octanol–water partition coefficient (Wildman–Crippen LogP) is 4.50. The summed E-state index contributed by atoms with van der Waals surface area (Å²) < 4.78 is 62.1. The van der Waals surface area contributed by atoms with Gasteiger partial charge >= 0.3 is 6.18 Å². The van der Waals surface area contributed by atoms with Crippen molar-refractivity contribution in [2.45, 2.75) is 51.1 Å². The van der Waals surface area contributed by atoms with Crippen LogP contribution < -0.4 is 20.7 Å². The normalized spacial score (nSPS) is 17.7. The Kier molecular flexibility index (Phi) is 9.28. The fourth-order valence-electron chi connectivity index (χ4n) is 4.78. The lowest BCUT2D eigenvalue weighted by Crippen LogP contribution is -2.46. The summed E-state index contributed by atoms with van der Waals surface area (Å²) >= 11 is 0. The minimum absolute atomic E-state index is 0.00585. The number of imidazole rings is 1. The third-order valence-electron chi connectivity index (χ3n) is 6.67. The van der Waals surface area contributed by atoms with Crippen LogP contribution in [-0.2, 0) is 6.42 Å². The number of piperidine rings is 1. The molecule has 1 aliphatic heterocycles. The van der Waals surface area contributed by atoms with Gasteiger partial charge in [0.05, 0.1) is 48.7 Å². The Bertz CT molecular complexity index is 1440. The van der Waals surface area contributed by atoms with E-state index in [0.29, 0.717) is 35.7 Å². The van der Waals surface area contributed by atoms with E-state index in [9.17, 15) is 22.4 Å². The average Bonchev–Trinajstić information content (AvgIpc) is 3.24. The molecule has 1 fully saturated rings. The number of amides is 1. The highest BCUT2D eigenvalue weighted by atomic mass is 19.4. The second-order valence-corrected chi connectivity index (χ2v) is 10.3. The van der Waals surface area contributed by atoms with Crippen molar-refractivity contribution < 1.29 is 27.1 Å². The summed E-state index contributed by atoms with van der Waals surface area (Å²) in [6, 6.07) is 7.72. The van der Waals surface area contributed by atoms with Crippen molar-refractivity contribution in [1.29, 1.82) is 0 Å². The van der Waals surface area contributed by atoms with Gasteiger partial charge in [-0.2, -0.15) is 13.2 Å². The number of benzene rings is 1. The Morgan fingerprint density at radius 3 is 2.71 bits per heavy atom. The van der Waals surface area contributed by atoms with Crippen LogP contribution in [0.25, 0.3) is 5.65 Å². The largest absolute Gasteiger partial charge is 0.495 e. The number of halogens is 4. The fraction of sp³-hybridized carbons (Fsp3) is 0.448. The summed E-state index contributed by atoms with van der Waals surface area (Å²) in [6.45, 7) is 4.66. The van der Waals surface area contributed by atoms with Crippen molar-refractivity contribution in [3.63, 3.8) is 0 Å². The van der Waals surface area contributed by atoms with Gasteiger partial charge in [0.15, 0.2) is 5.65 Å². The molecule has 3 N–H and O–H groups in total. The number of pyridine rings is 1. The number of hydrogen-bond acceptors (Lipinski definition) is 6. The molecule has 1 aromatic carbocycles. The van der Waals surface area contributed by atoms with Gasteiger partial charge in [0.2, 0.25) is 0 Å². The molecule has 8 nitrogen and oxygen atoms in total. The summed E-state index contributed by atoms with van der Waals surface area (Å²) in [7, 11) is 3.31. The Morgan fingerprint density at radius 1 is 1.24 bits per heavy atom. The lowest BCUT2D eigenvalue weighted by Gasteiger charge is -2.33. The zero-order chi connectivity index (χ0) is 29.7. The van der Waals surface area contributed by atoms with E-state index in [4.69, 9.17) is 4.74 Å². The second kappa shape index (κ2) is 12.7. The molecule has 1 saturated heterocycles. The van der Waals surface area contributed by atoms with Crippen LogP contribution in [0.5, 0.6) is 5.75 Å². The van der Waals surface area contributed by atoms with Gasteiger partial charge < -0.3 is 30.0 Å². The smallest absolute Gasteiger partial charge is 0.394 e. The van der Waals surface area contributed by atoms with E-state index in [0.717, 1.165) is 0 Å². The number of hydrogen-bond donors (Lipinski definition) is 3. The topological polar surface area (TPSA) is 82.9 Å². The van der Waals surface area contributed by atoms with Crippen LogP contribution in [0.1, 0.15) is 42.0 Å². The van der Waals surface area contributed by atoms with Crippen molar-refractivity contribution in [2.75, 3.05) is 44.4 Å². The fourth-order valence-corrected chi connectivity index (χ4v) is 4.78. The van der Waals surface area contributed by atoms with Gasteiger partial charge in [-0.25, -0.2) is 9.37 Å². The predicted molar refractivity (Wildman–Crippen MR) is 150 cm³/mol. The molecule has 0 bridgehead atoms. The lowest BCUT2D eigenvalue weighted by molar-refractivity contribution is -0.128. The molecule has 220 valence electrons. The summed E-state index contributed by atoms with van der Waals surface area (Å²) in [6.07, 6.45) is -4.82. The van der Waals surface area contributed by atoms with Gasteiger partial charge in [-0.05, 0) is 57.5 Å². The van der Waals surface area contributed by atoms with Gasteiger partial charge in [0, 0.05) is 25.3 Å². The number of ether oxygens (including phenoxy) is 1. The maximum absolute atomic E-state index is 14.7. The zero-order valence-electron chi connectivity index (χ0n) is 23.4. The summed E-state index contributed by atoms with van der Waals surface area (Å²) in [5.74, 6) is 5.71. The number of likely N-dealkylation sites (tertiary alicyclic amines) is 1. The molecule has 4 rings (SSSR count). The molecular formula is C29H34F4N6O2. The van der Waals surface area contributed by atoms with Crippen molar-refractivity contribution in [3.8, 4) is 17.6 Å².